The van der Waals surface area contributed by atoms with Crippen LogP contribution in [0.4, 0.5) is 13.2 Å². The predicted octanol–water partition coefficient (Wildman–Crippen LogP) is 4.45. The van der Waals surface area contributed by atoms with E-state index >= 15 is 0 Å². The summed E-state index contributed by atoms with van der Waals surface area (Å²) in [7, 11) is -3.42. The van der Waals surface area contributed by atoms with Crippen LogP contribution < -0.4 is 5.32 Å². The fraction of sp³-hybridized carbons (Fsp3) is 0.448. The molecule has 1 aliphatic carbocycles. The maximum atomic E-state index is 14.0. The number of hydrogen-bond donors (Lipinski definition) is 3. The van der Waals surface area contributed by atoms with Crippen molar-refractivity contribution in [2.24, 2.45) is 0 Å². The fourth-order valence-electron chi connectivity index (χ4n) is 5.32. The SMILES string of the molecule is CCS(=O)(=O)c1ccc([C@@H](CO)NC(=O)c2nc(C3(C)CCC3)n(Cc3cccc(CO)c3C(F)(F)F)c2C)cc1. The third kappa shape index (κ3) is 6.05. The van der Waals surface area contributed by atoms with Gasteiger partial charge >= 0.3 is 6.18 Å². The zero-order valence-electron chi connectivity index (χ0n) is 23.1. The van der Waals surface area contributed by atoms with Gasteiger partial charge in [-0.15, -0.1) is 0 Å². The molecular formula is C29H34F3N3O5S. The molecule has 4 rings (SSSR count). The predicted molar refractivity (Wildman–Crippen MR) is 146 cm³/mol. The lowest BCUT2D eigenvalue weighted by Gasteiger charge is -2.38. The molecule has 3 aromatic rings. The molecule has 3 N–H and O–H groups in total. The van der Waals surface area contributed by atoms with Gasteiger partial charge in [-0.2, -0.15) is 13.2 Å². The number of carbonyl (C=O) groups is 1. The monoisotopic (exact) mass is 593 g/mol. The molecule has 12 heteroatoms. The number of carbonyl (C=O) groups excluding carboxylic acids is 1. The normalized spacial score (nSPS) is 15.8. The van der Waals surface area contributed by atoms with Gasteiger partial charge in [-0.3, -0.25) is 4.79 Å². The van der Waals surface area contributed by atoms with Crippen LogP contribution in [0.2, 0.25) is 0 Å². The zero-order chi connectivity index (χ0) is 30.2. The van der Waals surface area contributed by atoms with E-state index < -0.39 is 52.2 Å². The number of halogens is 3. The summed E-state index contributed by atoms with van der Waals surface area (Å²) in [6, 6.07) is 9.05. The molecule has 1 amide bonds. The number of nitrogens with zero attached hydrogens (tertiary/aromatic N) is 2. The van der Waals surface area contributed by atoms with Gasteiger partial charge in [-0.25, -0.2) is 13.4 Å². The highest BCUT2D eigenvalue weighted by Crippen LogP contribution is 2.44. The topological polar surface area (TPSA) is 122 Å². The van der Waals surface area contributed by atoms with Crippen molar-refractivity contribution in [3.05, 3.63) is 81.9 Å². The molecule has 8 nitrogen and oxygen atoms in total. The molecular weight excluding hydrogens is 559 g/mol. The lowest BCUT2D eigenvalue weighted by atomic mass is 9.70. The van der Waals surface area contributed by atoms with Crippen molar-refractivity contribution >= 4 is 15.7 Å². The van der Waals surface area contributed by atoms with Gasteiger partial charge < -0.3 is 20.1 Å². The molecule has 1 saturated carbocycles. The summed E-state index contributed by atoms with van der Waals surface area (Å²) >= 11 is 0. The average molecular weight is 594 g/mol. The van der Waals surface area contributed by atoms with Gasteiger partial charge in [-0.05, 0) is 48.6 Å². The Morgan fingerprint density at radius 2 is 1.76 bits per heavy atom. The Morgan fingerprint density at radius 3 is 2.27 bits per heavy atom. The molecule has 222 valence electrons. The molecule has 0 aliphatic heterocycles. The number of benzene rings is 2. The first-order valence-electron chi connectivity index (χ1n) is 13.4. The van der Waals surface area contributed by atoms with E-state index in [0.717, 1.165) is 19.3 Å². The first-order valence-corrected chi connectivity index (χ1v) is 15.0. The number of aromatic nitrogens is 2. The maximum Gasteiger partial charge on any atom is 0.417 e. The minimum Gasteiger partial charge on any atom is -0.394 e. The average Bonchev–Trinajstić information content (AvgIpc) is 3.25. The lowest BCUT2D eigenvalue weighted by Crippen LogP contribution is -2.34. The number of sulfone groups is 1. The third-order valence-corrected chi connectivity index (χ3v) is 9.71. The van der Waals surface area contributed by atoms with Crippen LogP contribution >= 0.6 is 0 Å². The van der Waals surface area contributed by atoms with Crippen molar-refractivity contribution in [2.75, 3.05) is 12.4 Å². The number of aliphatic hydroxyl groups excluding tert-OH is 2. The number of nitrogens with one attached hydrogen (secondary N) is 1. The van der Waals surface area contributed by atoms with E-state index in [1.807, 2.05) is 6.92 Å². The Bertz CT molecular complexity index is 1530. The van der Waals surface area contributed by atoms with E-state index in [0.29, 0.717) is 17.1 Å². The van der Waals surface area contributed by atoms with Crippen molar-refractivity contribution in [2.45, 2.75) is 75.7 Å². The smallest absolute Gasteiger partial charge is 0.394 e. The number of rotatable bonds is 10. The first kappa shape index (κ1) is 30.7. The van der Waals surface area contributed by atoms with Crippen molar-refractivity contribution in [3.8, 4) is 0 Å². The van der Waals surface area contributed by atoms with E-state index in [1.165, 1.54) is 49.4 Å². The van der Waals surface area contributed by atoms with Crippen molar-refractivity contribution in [1.82, 2.24) is 14.9 Å². The molecule has 0 spiro atoms. The Morgan fingerprint density at radius 1 is 1.12 bits per heavy atom. The van der Waals surface area contributed by atoms with E-state index in [9.17, 15) is 36.6 Å². The third-order valence-electron chi connectivity index (χ3n) is 7.96. The second-order valence-corrected chi connectivity index (χ2v) is 12.9. The summed E-state index contributed by atoms with van der Waals surface area (Å²) in [5.74, 6) is -0.178. The number of aliphatic hydroxyl groups is 2. The Kier molecular flexibility index (Phi) is 8.68. The van der Waals surface area contributed by atoms with E-state index in [2.05, 4.69) is 10.3 Å². The van der Waals surface area contributed by atoms with Crippen LogP contribution in [0.1, 0.15) is 83.4 Å². The molecule has 2 aromatic carbocycles. The number of amides is 1. The van der Waals surface area contributed by atoms with E-state index in [-0.39, 0.29) is 34.0 Å². The summed E-state index contributed by atoms with van der Waals surface area (Å²) in [6.07, 6.45) is -2.24. The molecule has 0 radical (unpaired) electrons. The summed E-state index contributed by atoms with van der Waals surface area (Å²) in [6.45, 7) is 3.68. The van der Waals surface area contributed by atoms with Crippen molar-refractivity contribution < 1.29 is 36.6 Å². The fourth-order valence-corrected chi connectivity index (χ4v) is 6.20. The molecule has 0 bridgehead atoms. The summed E-state index contributed by atoms with van der Waals surface area (Å²) < 4.78 is 68.0. The van der Waals surface area contributed by atoms with Gasteiger partial charge in [0.1, 0.15) is 11.5 Å². The highest BCUT2D eigenvalue weighted by Gasteiger charge is 2.41. The molecule has 1 aliphatic rings. The van der Waals surface area contributed by atoms with Gasteiger partial charge in [0.15, 0.2) is 9.84 Å². The van der Waals surface area contributed by atoms with Crippen LogP contribution in [0.3, 0.4) is 0 Å². The van der Waals surface area contributed by atoms with Crippen LogP contribution in [0.5, 0.6) is 0 Å². The van der Waals surface area contributed by atoms with Crippen LogP contribution in [0.15, 0.2) is 47.4 Å². The molecule has 1 fully saturated rings. The number of alkyl halides is 3. The van der Waals surface area contributed by atoms with Crippen LogP contribution in [-0.4, -0.2) is 46.4 Å². The quantitative estimate of drug-likeness (QED) is 0.320. The molecule has 1 atom stereocenters. The molecule has 1 heterocycles. The van der Waals surface area contributed by atoms with Gasteiger partial charge in [0.25, 0.3) is 5.91 Å². The first-order chi connectivity index (χ1) is 19.3. The molecule has 0 unspecified atom stereocenters. The van der Waals surface area contributed by atoms with E-state index in [4.69, 9.17) is 0 Å². The Balaban J connectivity index is 1.70. The largest absolute Gasteiger partial charge is 0.417 e. The number of hydrogen-bond acceptors (Lipinski definition) is 6. The summed E-state index contributed by atoms with van der Waals surface area (Å²) in [5, 5.41) is 22.3. The second-order valence-electron chi connectivity index (χ2n) is 10.7. The maximum absolute atomic E-state index is 14.0. The minimum absolute atomic E-state index is 0.0311. The molecule has 41 heavy (non-hydrogen) atoms. The van der Waals surface area contributed by atoms with Gasteiger partial charge in [0.2, 0.25) is 0 Å². The van der Waals surface area contributed by atoms with Crippen LogP contribution in [0, 0.1) is 6.92 Å². The van der Waals surface area contributed by atoms with Crippen LogP contribution in [0.25, 0.3) is 0 Å². The second kappa shape index (κ2) is 11.6. The summed E-state index contributed by atoms with van der Waals surface area (Å²) in [5.41, 5.74) is -0.720. The van der Waals surface area contributed by atoms with Gasteiger partial charge in [0, 0.05) is 17.7 Å². The lowest BCUT2D eigenvalue weighted by molar-refractivity contribution is -0.139. The molecule has 0 saturated heterocycles. The molecule has 1 aromatic heterocycles. The van der Waals surface area contributed by atoms with Crippen molar-refractivity contribution in [1.29, 1.82) is 0 Å². The Labute approximate surface area is 237 Å². The Hall–Kier alpha value is -3.22. The van der Waals surface area contributed by atoms with E-state index in [1.54, 1.807) is 11.5 Å². The van der Waals surface area contributed by atoms with Crippen LogP contribution in [-0.2, 0) is 34.6 Å². The van der Waals surface area contributed by atoms with Gasteiger partial charge in [-0.1, -0.05) is 50.6 Å². The number of imidazole rings is 1. The minimum atomic E-state index is -4.69. The zero-order valence-corrected chi connectivity index (χ0v) is 23.9. The standard InChI is InChI=1S/C29H34F3N3O5S/c1-4-41(39,40)22-11-9-19(10-12-22)23(17-37)33-26(38)25-18(2)35(27(34-25)28(3)13-6-14-28)15-20-7-5-8-21(16-36)24(20)29(30,31)32/h5,7-12,23,36-37H,4,6,13-17H2,1-3H3,(H,33,38)/t23-/m1/s1. The summed E-state index contributed by atoms with van der Waals surface area (Å²) in [4.78, 5) is 18.2. The highest BCUT2D eigenvalue weighted by molar-refractivity contribution is 7.91. The highest BCUT2D eigenvalue weighted by atomic mass is 32.2. The van der Waals surface area contributed by atoms with Crippen molar-refractivity contribution in [3.63, 3.8) is 0 Å². The van der Waals surface area contributed by atoms with Gasteiger partial charge in [0.05, 0.1) is 35.5 Å².